The Hall–Kier alpha value is 0.680. The Kier molecular flexibility index (Phi) is 3.26. The normalized spacial score (nSPS) is 35.1. The molecule has 0 amide bonds. The fourth-order valence-corrected chi connectivity index (χ4v) is 5.20. The van der Waals surface area contributed by atoms with Crippen LogP contribution < -0.4 is 0 Å². The molecule has 2 atom stereocenters. The highest BCUT2D eigenvalue weighted by atomic mass is 127. The standard InChI is InChI=1S/C15H18I2/c1-15(2)13-7-9(16)3-5-11(13)12-6-4-10(17)8-14(12)15/h3,8,11,13H,4-7H2,1-2H3. The zero-order chi connectivity index (χ0) is 12.2. The minimum atomic E-state index is 0.390. The zero-order valence-electron chi connectivity index (χ0n) is 10.4. The molecule has 17 heavy (non-hydrogen) atoms. The van der Waals surface area contributed by atoms with Gasteiger partial charge < -0.3 is 0 Å². The van der Waals surface area contributed by atoms with Crippen molar-refractivity contribution in [1.82, 2.24) is 0 Å². The molecule has 92 valence electrons. The van der Waals surface area contributed by atoms with E-state index in [4.69, 9.17) is 0 Å². The van der Waals surface area contributed by atoms with Gasteiger partial charge in [0, 0.05) is 0 Å². The van der Waals surface area contributed by atoms with Crippen LogP contribution in [0, 0.1) is 17.3 Å². The molecule has 0 aromatic rings. The third kappa shape index (κ3) is 1.97. The third-order valence-corrected chi connectivity index (χ3v) is 6.57. The summed E-state index contributed by atoms with van der Waals surface area (Å²) >= 11 is 5.05. The number of hydrogen-bond donors (Lipinski definition) is 0. The fourth-order valence-electron chi connectivity index (χ4n) is 3.89. The lowest BCUT2D eigenvalue weighted by Crippen LogP contribution is -2.27. The van der Waals surface area contributed by atoms with Crippen molar-refractivity contribution in [3.05, 3.63) is 30.5 Å². The number of rotatable bonds is 0. The molecule has 2 heteroatoms. The van der Waals surface area contributed by atoms with Crippen LogP contribution in [-0.4, -0.2) is 0 Å². The van der Waals surface area contributed by atoms with E-state index in [1.54, 1.807) is 18.3 Å². The second-order valence-corrected chi connectivity index (χ2v) is 8.83. The van der Waals surface area contributed by atoms with Crippen LogP contribution in [0.25, 0.3) is 0 Å². The van der Waals surface area contributed by atoms with E-state index in [2.05, 4.69) is 71.2 Å². The molecule has 3 aliphatic rings. The second kappa shape index (κ2) is 4.36. The summed E-state index contributed by atoms with van der Waals surface area (Å²) in [4.78, 5) is 0. The molecule has 0 fully saturated rings. The lowest BCUT2D eigenvalue weighted by Gasteiger charge is -2.35. The van der Waals surface area contributed by atoms with E-state index in [0.717, 1.165) is 11.8 Å². The van der Waals surface area contributed by atoms with Crippen molar-refractivity contribution in [2.75, 3.05) is 0 Å². The smallest absolute Gasteiger partial charge is 0.00662 e. The first kappa shape index (κ1) is 12.7. The molecule has 2 unspecified atom stereocenters. The fraction of sp³-hybridized carbons (Fsp3) is 0.600. The van der Waals surface area contributed by atoms with Gasteiger partial charge in [0.2, 0.25) is 0 Å². The lowest BCUT2D eigenvalue weighted by atomic mass is 9.70. The highest BCUT2D eigenvalue weighted by molar-refractivity contribution is 14.1. The van der Waals surface area contributed by atoms with Gasteiger partial charge in [0.05, 0.1) is 0 Å². The first-order chi connectivity index (χ1) is 8.00. The van der Waals surface area contributed by atoms with Gasteiger partial charge in [-0.2, -0.15) is 0 Å². The van der Waals surface area contributed by atoms with Gasteiger partial charge in [-0.05, 0) is 107 Å². The molecule has 3 aliphatic carbocycles. The minimum Gasteiger partial charge on any atom is -0.0746 e. The van der Waals surface area contributed by atoms with Gasteiger partial charge in [-0.25, -0.2) is 0 Å². The molecule has 0 radical (unpaired) electrons. The van der Waals surface area contributed by atoms with Crippen molar-refractivity contribution in [2.45, 2.75) is 39.5 Å². The van der Waals surface area contributed by atoms with E-state index in [9.17, 15) is 0 Å². The third-order valence-electron chi connectivity index (χ3n) is 4.84. The van der Waals surface area contributed by atoms with Gasteiger partial charge in [0.15, 0.2) is 0 Å². The minimum absolute atomic E-state index is 0.390. The molecule has 0 heterocycles. The van der Waals surface area contributed by atoms with Crippen LogP contribution in [0.1, 0.15) is 39.5 Å². The molecule has 0 aliphatic heterocycles. The molecule has 0 saturated heterocycles. The van der Waals surface area contributed by atoms with E-state index < -0.39 is 0 Å². The van der Waals surface area contributed by atoms with Crippen LogP contribution in [0.2, 0.25) is 0 Å². The monoisotopic (exact) mass is 452 g/mol. The van der Waals surface area contributed by atoms with E-state index in [-0.39, 0.29) is 0 Å². The Bertz CT molecular complexity index is 452. The van der Waals surface area contributed by atoms with Gasteiger partial charge in [-0.1, -0.05) is 25.5 Å². The first-order valence-corrected chi connectivity index (χ1v) is 8.60. The van der Waals surface area contributed by atoms with Crippen molar-refractivity contribution in [1.29, 1.82) is 0 Å². The summed E-state index contributed by atoms with van der Waals surface area (Å²) in [5.41, 5.74) is 3.87. The summed E-state index contributed by atoms with van der Waals surface area (Å²) in [5, 5.41) is 0. The van der Waals surface area contributed by atoms with Gasteiger partial charge in [0.1, 0.15) is 0 Å². The first-order valence-electron chi connectivity index (χ1n) is 6.44. The van der Waals surface area contributed by atoms with Gasteiger partial charge in [-0.15, -0.1) is 0 Å². The van der Waals surface area contributed by atoms with E-state index in [0.29, 0.717) is 5.41 Å². The number of hydrogen-bond acceptors (Lipinski definition) is 0. The molecule has 0 saturated carbocycles. The summed E-state index contributed by atoms with van der Waals surface area (Å²) < 4.78 is 3.13. The average molecular weight is 452 g/mol. The molecule has 3 rings (SSSR count). The Morgan fingerprint density at radius 3 is 2.71 bits per heavy atom. The molecule has 0 N–H and O–H groups in total. The van der Waals surface area contributed by atoms with Crippen molar-refractivity contribution in [3.8, 4) is 0 Å². The molecule has 0 spiro atoms. The number of allylic oxidation sites excluding steroid dienone is 6. The Morgan fingerprint density at radius 1 is 1.18 bits per heavy atom. The molecular weight excluding hydrogens is 434 g/mol. The van der Waals surface area contributed by atoms with Crippen LogP contribution in [0.15, 0.2) is 30.5 Å². The van der Waals surface area contributed by atoms with Crippen LogP contribution in [0.3, 0.4) is 0 Å². The molecule has 0 aromatic carbocycles. The van der Waals surface area contributed by atoms with E-state index in [1.807, 2.05) is 0 Å². The predicted octanol–water partition coefficient (Wildman–Crippen LogP) is 5.78. The Labute approximate surface area is 131 Å². The topological polar surface area (TPSA) is 0 Å². The lowest BCUT2D eigenvalue weighted by molar-refractivity contribution is 0.229. The highest BCUT2D eigenvalue weighted by Crippen LogP contribution is 2.59. The average Bonchev–Trinajstić information content (AvgIpc) is 2.49. The van der Waals surface area contributed by atoms with Crippen LogP contribution in [-0.2, 0) is 0 Å². The number of halogens is 2. The quantitative estimate of drug-likeness (QED) is 0.409. The molecule has 0 aromatic heterocycles. The summed E-state index contributed by atoms with van der Waals surface area (Å²) in [6.45, 7) is 4.93. The van der Waals surface area contributed by atoms with Gasteiger partial charge in [0.25, 0.3) is 0 Å². The van der Waals surface area contributed by atoms with Crippen molar-refractivity contribution >= 4 is 45.2 Å². The maximum Gasteiger partial charge on any atom is -0.00662 e. The van der Waals surface area contributed by atoms with Crippen LogP contribution in [0.4, 0.5) is 0 Å². The summed E-state index contributed by atoms with van der Waals surface area (Å²) in [6, 6.07) is 0. The Balaban J connectivity index is 2.05. The maximum absolute atomic E-state index is 2.53. The zero-order valence-corrected chi connectivity index (χ0v) is 14.7. The molecular formula is C15H18I2. The van der Waals surface area contributed by atoms with Crippen molar-refractivity contribution in [3.63, 3.8) is 0 Å². The summed E-state index contributed by atoms with van der Waals surface area (Å²) in [5.74, 6) is 1.70. The largest absolute Gasteiger partial charge is 0.0746 e. The van der Waals surface area contributed by atoms with Crippen LogP contribution in [0.5, 0.6) is 0 Å². The van der Waals surface area contributed by atoms with Gasteiger partial charge in [-0.3, -0.25) is 0 Å². The molecule has 0 bridgehead atoms. The summed E-state index contributed by atoms with van der Waals surface area (Å²) in [7, 11) is 0. The SMILES string of the molecule is CC1(C)C2=C(CCC(I)=C2)C2CC=C(I)CC21. The Morgan fingerprint density at radius 2 is 1.94 bits per heavy atom. The summed E-state index contributed by atoms with van der Waals surface area (Å²) in [6.07, 6.45) is 10.1. The predicted molar refractivity (Wildman–Crippen MR) is 90.5 cm³/mol. The highest BCUT2D eigenvalue weighted by Gasteiger charge is 2.48. The van der Waals surface area contributed by atoms with E-state index >= 15 is 0 Å². The maximum atomic E-state index is 2.53. The van der Waals surface area contributed by atoms with E-state index in [1.165, 1.54) is 25.7 Å². The van der Waals surface area contributed by atoms with Crippen molar-refractivity contribution < 1.29 is 0 Å². The van der Waals surface area contributed by atoms with Gasteiger partial charge >= 0.3 is 0 Å². The molecule has 0 nitrogen and oxygen atoms in total. The van der Waals surface area contributed by atoms with Crippen LogP contribution >= 0.6 is 45.2 Å². The van der Waals surface area contributed by atoms with Crippen molar-refractivity contribution in [2.24, 2.45) is 17.3 Å². The number of fused-ring (bicyclic) bond motifs is 2. The second-order valence-electron chi connectivity index (χ2n) is 6.06.